The second kappa shape index (κ2) is 5.50. The maximum absolute atomic E-state index is 11.9. The van der Waals surface area contributed by atoms with E-state index in [1.165, 1.54) is 0 Å². The van der Waals surface area contributed by atoms with Gasteiger partial charge in [0.2, 0.25) is 15.0 Å². The van der Waals surface area contributed by atoms with Gasteiger partial charge in [-0.05, 0) is 6.42 Å². The summed E-state index contributed by atoms with van der Waals surface area (Å²) in [6.07, 6.45) is 4.61. The highest BCUT2D eigenvalue weighted by Gasteiger charge is 2.33. The van der Waals surface area contributed by atoms with Gasteiger partial charge >= 0.3 is 0 Å². The molecule has 1 unspecified atom stereocenters. The molecule has 1 fully saturated rings. The molecular weight excluding hydrogens is 290 g/mol. The lowest BCUT2D eigenvalue weighted by molar-refractivity contribution is -0.117. The fourth-order valence-electron chi connectivity index (χ4n) is 2.27. The van der Waals surface area contributed by atoms with Gasteiger partial charge in [-0.3, -0.25) is 9.48 Å². The normalized spacial score (nSPS) is 20.2. The van der Waals surface area contributed by atoms with Crippen molar-refractivity contribution >= 4 is 31.3 Å². The van der Waals surface area contributed by atoms with E-state index in [0.29, 0.717) is 12.2 Å². The molecule has 1 aromatic rings. The number of rotatable bonds is 5. The van der Waals surface area contributed by atoms with Gasteiger partial charge in [-0.1, -0.05) is 6.92 Å². The third-order valence-electron chi connectivity index (χ3n) is 3.02. The molecule has 0 N–H and O–H groups in total. The maximum atomic E-state index is 11.9. The standard InChI is InChI=1S/C11H16ClN3O3S/c1-2-3-14-7-10(5-13-14)15-6-9(4-11(15)16)8-19(12,17)18/h5,7,9H,2-4,6,8H2,1H3. The van der Waals surface area contributed by atoms with E-state index in [4.69, 9.17) is 10.7 Å². The topological polar surface area (TPSA) is 72.3 Å². The first kappa shape index (κ1) is 14.3. The second-order valence-electron chi connectivity index (χ2n) is 4.74. The van der Waals surface area contributed by atoms with E-state index in [0.717, 1.165) is 13.0 Å². The summed E-state index contributed by atoms with van der Waals surface area (Å²) in [6.45, 7) is 3.22. The van der Waals surface area contributed by atoms with Crippen LogP contribution in [0.25, 0.3) is 0 Å². The molecule has 106 valence electrons. The summed E-state index contributed by atoms with van der Waals surface area (Å²) in [5.41, 5.74) is 0.716. The Hall–Kier alpha value is -1.08. The van der Waals surface area contributed by atoms with Crippen molar-refractivity contribution in [2.24, 2.45) is 5.92 Å². The van der Waals surface area contributed by atoms with Gasteiger partial charge in [0, 0.05) is 42.3 Å². The van der Waals surface area contributed by atoms with Crippen LogP contribution in [0.2, 0.25) is 0 Å². The molecule has 0 radical (unpaired) electrons. The molecule has 0 bridgehead atoms. The van der Waals surface area contributed by atoms with Crippen LogP contribution in [-0.4, -0.2) is 36.4 Å². The molecule has 1 aromatic heterocycles. The van der Waals surface area contributed by atoms with Crippen LogP contribution < -0.4 is 4.90 Å². The summed E-state index contributed by atoms with van der Waals surface area (Å²) in [6, 6.07) is 0. The number of hydrogen-bond acceptors (Lipinski definition) is 4. The lowest BCUT2D eigenvalue weighted by Gasteiger charge is -2.13. The van der Waals surface area contributed by atoms with Gasteiger partial charge in [0.1, 0.15) is 0 Å². The number of nitrogens with zero attached hydrogens (tertiary/aromatic N) is 3. The fraction of sp³-hybridized carbons (Fsp3) is 0.636. The Morgan fingerprint density at radius 1 is 1.53 bits per heavy atom. The first-order chi connectivity index (χ1) is 8.89. The van der Waals surface area contributed by atoms with Crippen molar-refractivity contribution in [3.8, 4) is 0 Å². The highest BCUT2D eigenvalue weighted by atomic mass is 35.7. The number of hydrogen-bond donors (Lipinski definition) is 0. The zero-order valence-corrected chi connectivity index (χ0v) is 12.2. The van der Waals surface area contributed by atoms with Gasteiger partial charge in [-0.15, -0.1) is 0 Å². The molecule has 2 heterocycles. The molecule has 1 aliphatic heterocycles. The molecule has 1 atom stereocenters. The Bertz CT molecular complexity index is 569. The molecule has 2 rings (SSSR count). The Kier molecular flexibility index (Phi) is 4.15. The smallest absolute Gasteiger partial charge is 0.232 e. The lowest BCUT2D eigenvalue weighted by atomic mass is 10.1. The zero-order valence-electron chi connectivity index (χ0n) is 10.6. The van der Waals surface area contributed by atoms with Crippen molar-refractivity contribution in [1.82, 2.24) is 9.78 Å². The second-order valence-corrected chi connectivity index (χ2v) is 7.56. The van der Waals surface area contributed by atoms with Crippen LogP contribution in [0.5, 0.6) is 0 Å². The molecule has 0 spiro atoms. The number of carbonyl (C=O) groups excluding carboxylic acids is 1. The minimum atomic E-state index is -3.57. The van der Waals surface area contributed by atoms with Crippen LogP contribution in [0.4, 0.5) is 5.69 Å². The molecule has 6 nitrogen and oxygen atoms in total. The van der Waals surface area contributed by atoms with E-state index < -0.39 is 9.05 Å². The predicted octanol–water partition coefficient (Wildman–Crippen LogP) is 1.21. The molecule has 0 aliphatic carbocycles. The van der Waals surface area contributed by atoms with E-state index in [2.05, 4.69) is 5.10 Å². The number of anilines is 1. The van der Waals surface area contributed by atoms with Crippen LogP contribution in [-0.2, 0) is 20.4 Å². The molecule has 8 heteroatoms. The summed E-state index contributed by atoms with van der Waals surface area (Å²) in [5, 5.41) is 4.16. The molecule has 19 heavy (non-hydrogen) atoms. The summed E-state index contributed by atoms with van der Waals surface area (Å²) in [7, 11) is 1.66. The fourth-order valence-corrected chi connectivity index (χ4v) is 3.59. The number of halogens is 1. The number of amides is 1. The quantitative estimate of drug-likeness (QED) is 0.767. The first-order valence-electron chi connectivity index (χ1n) is 6.14. The molecule has 1 aliphatic rings. The molecule has 1 saturated heterocycles. The van der Waals surface area contributed by atoms with Crippen molar-refractivity contribution in [3.05, 3.63) is 12.4 Å². The van der Waals surface area contributed by atoms with Crippen LogP contribution in [0.1, 0.15) is 19.8 Å². The van der Waals surface area contributed by atoms with Crippen LogP contribution >= 0.6 is 10.7 Å². The number of aromatic nitrogens is 2. The van der Waals surface area contributed by atoms with Crippen LogP contribution in [0.15, 0.2) is 12.4 Å². The lowest BCUT2D eigenvalue weighted by Crippen LogP contribution is -2.24. The molecular formula is C11H16ClN3O3S. The van der Waals surface area contributed by atoms with E-state index >= 15 is 0 Å². The van der Waals surface area contributed by atoms with Crippen molar-refractivity contribution in [1.29, 1.82) is 0 Å². The van der Waals surface area contributed by atoms with E-state index in [-0.39, 0.29) is 24.0 Å². The van der Waals surface area contributed by atoms with Crippen molar-refractivity contribution in [2.75, 3.05) is 17.2 Å². The monoisotopic (exact) mass is 305 g/mol. The average molecular weight is 306 g/mol. The van der Waals surface area contributed by atoms with Crippen molar-refractivity contribution in [2.45, 2.75) is 26.3 Å². The first-order valence-corrected chi connectivity index (χ1v) is 8.62. The molecule has 1 amide bonds. The Morgan fingerprint density at radius 3 is 2.89 bits per heavy atom. The third-order valence-corrected chi connectivity index (χ3v) is 4.27. The highest BCUT2D eigenvalue weighted by Crippen LogP contribution is 2.26. The Balaban J connectivity index is 2.06. The summed E-state index contributed by atoms with van der Waals surface area (Å²) in [4.78, 5) is 13.5. The third kappa shape index (κ3) is 3.70. The van der Waals surface area contributed by atoms with Crippen molar-refractivity contribution in [3.63, 3.8) is 0 Å². The van der Waals surface area contributed by atoms with E-state index in [1.54, 1.807) is 22.0 Å². The van der Waals surface area contributed by atoms with Crippen LogP contribution in [0.3, 0.4) is 0 Å². The summed E-state index contributed by atoms with van der Waals surface area (Å²) in [5.74, 6) is -0.495. The van der Waals surface area contributed by atoms with Gasteiger partial charge < -0.3 is 4.90 Å². The summed E-state index contributed by atoms with van der Waals surface area (Å²) >= 11 is 0. The largest absolute Gasteiger partial charge is 0.309 e. The van der Waals surface area contributed by atoms with E-state index in [1.807, 2.05) is 6.92 Å². The predicted molar refractivity (Wildman–Crippen MR) is 72.6 cm³/mol. The van der Waals surface area contributed by atoms with Crippen LogP contribution in [0, 0.1) is 5.92 Å². The summed E-state index contributed by atoms with van der Waals surface area (Å²) < 4.78 is 23.9. The van der Waals surface area contributed by atoms with Crippen molar-refractivity contribution < 1.29 is 13.2 Å². The van der Waals surface area contributed by atoms with E-state index in [9.17, 15) is 13.2 Å². The number of aryl methyl sites for hydroxylation is 1. The van der Waals surface area contributed by atoms with Gasteiger partial charge in [-0.2, -0.15) is 5.10 Å². The minimum absolute atomic E-state index is 0.0821. The Labute approximate surface area is 116 Å². The van der Waals surface area contributed by atoms with Gasteiger partial charge in [0.15, 0.2) is 0 Å². The molecule has 0 aromatic carbocycles. The number of carbonyl (C=O) groups is 1. The Morgan fingerprint density at radius 2 is 2.26 bits per heavy atom. The van der Waals surface area contributed by atoms with Gasteiger partial charge in [0.25, 0.3) is 0 Å². The molecule has 0 saturated carbocycles. The SMILES string of the molecule is CCCn1cc(N2CC(CS(=O)(=O)Cl)CC2=O)cn1. The maximum Gasteiger partial charge on any atom is 0.232 e. The minimum Gasteiger partial charge on any atom is -0.309 e. The highest BCUT2D eigenvalue weighted by molar-refractivity contribution is 8.13. The van der Waals surface area contributed by atoms with Gasteiger partial charge in [-0.25, -0.2) is 8.42 Å². The van der Waals surface area contributed by atoms with Gasteiger partial charge in [0.05, 0.1) is 17.6 Å². The average Bonchev–Trinajstić information content (AvgIpc) is 2.84. The zero-order chi connectivity index (χ0) is 14.0.